The molecule has 0 spiro atoms. The standard InChI is InChI=1S/C18H14ClN5O3S/c1-13-16(12-20)17(24(21-13)14-8-4-2-5-9-14)23(19)18(25)22-28(26,27)15-10-6-3-7-11-15/h2-11H,1H3,(H,22,25). The predicted molar refractivity (Wildman–Crippen MR) is 104 cm³/mol. The number of carbonyl (C=O) groups excluding carboxylic acids is 1. The molecule has 28 heavy (non-hydrogen) atoms. The number of urea groups is 1. The van der Waals surface area contributed by atoms with E-state index < -0.39 is 16.1 Å². The number of anilines is 1. The van der Waals surface area contributed by atoms with E-state index in [0.29, 0.717) is 15.8 Å². The van der Waals surface area contributed by atoms with Crippen molar-refractivity contribution >= 4 is 33.6 Å². The quantitative estimate of drug-likeness (QED) is 0.658. The lowest BCUT2D eigenvalue weighted by Crippen LogP contribution is -2.39. The van der Waals surface area contributed by atoms with E-state index in [1.807, 2.05) is 10.8 Å². The first-order valence-corrected chi connectivity index (χ1v) is 9.80. The van der Waals surface area contributed by atoms with E-state index in [9.17, 15) is 18.5 Å². The van der Waals surface area contributed by atoms with Gasteiger partial charge in [0.2, 0.25) is 0 Å². The van der Waals surface area contributed by atoms with Crippen molar-refractivity contribution < 1.29 is 13.2 Å². The van der Waals surface area contributed by atoms with Crippen LogP contribution in [0, 0.1) is 18.3 Å². The molecule has 10 heteroatoms. The number of carbonyl (C=O) groups is 1. The summed E-state index contributed by atoms with van der Waals surface area (Å²) in [6.45, 7) is 1.59. The number of para-hydroxylation sites is 1. The van der Waals surface area contributed by atoms with Crippen molar-refractivity contribution in [3.63, 3.8) is 0 Å². The number of benzene rings is 2. The summed E-state index contributed by atoms with van der Waals surface area (Å²) in [5.41, 5.74) is 0.934. The van der Waals surface area contributed by atoms with Crippen molar-refractivity contribution in [2.75, 3.05) is 4.42 Å². The highest BCUT2D eigenvalue weighted by Gasteiger charge is 2.28. The van der Waals surface area contributed by atoms with E-state index in [0.717, 1.165) is 0 Å². The van der Waals surface area contributed by atoms with Crippen LogP contribution in [0.25, 0.3) is 5.69 Å². The molecule has 0 aliphatic carbocycles. The van der Waals surface area contributed by atoms with Gasteiger partial charge in [-0.15, -0.1) is 0 Å². The van der Waals surface area contributed by atoms with E-state index in [1.54, 1.807) is 43.3 Å². The van der Waals surface area contributed by atoms with Crippen LogP contribution in [0.5, 0.6) is 0 Å². The molecule has 8 nitrogen and oxygen atoms in total. The molecule has 0 unspecified atom stereocenters. The Kier molecular flexibility index (Phi) is 5.35. The third-order valence-electron chi connectivity index (χ3n) is 3.79. The Bertz CT molecular complexity index is 1160. The van der Waals surface area contributed by atoms with Crippen LogP contribution in [0.3, 0.4) is 0 Å². The van der Waals surface area contributed by atoms with Crippen LogP contribution in [0.15, 0.2) is 65.6 Å². The van der Waals surface area contributed by atoms with Gasteiger partial charge < -0.3 is 0 Å². The maximum Gasteiger partial charge on any atom is 0.352 e. The smallest absolute Gasteiger partial charge is 0.246 e. The van der Waals surface area contributed by atoms with Crippen molar-refractivity contribution in [1.82, 2.24) is 14.5 Å². The van der Waals surface area contributed by atoms with Gasteiger partial charge in [-0.1, -0.05) is 36.4 Å². The minimum absolute atomic E-state index is 0.0473. The van der Waals surface area contributed by atoms with E-state index in [4.69, 9.17) is 11.8 Å². The van der Waals surface area contributed by atoms with Crippen LogP contribution in [0.4, 0.5) is 10.6 Å². The summed E-state index contributed by atoms with van der Waals surface area (Å²) in [4.78, 5) is 12.5. The fraction of sp³-hybridized carbons (Fsp3) is 0.0556. The van der Waals surface area contributed by atoms with Gasteiger partial charge in [0, 0.05) is 11.8 Å². The summed E-state index contributed by atoms with van der Waals surface area (Å²) in [5.74, 6) is -0.0615. The molecule has 1 aromatic heterocycles. The molecule has 0 fully saturated rings. The molecule has 0 aliphatic heterocycles. The normalized spacial score (nSPS) is 10.9. The first kappa shape index (κ1) is 19.4. The third-order valence-corrected chi connectivity index (χ3v) is 5.44. The van der Waals surface area contributed by atoms with Gasteiger partial charge in [0.15, 0.2) is 5.82 Å². The van der Waals surface area contributed by atoms with Crippen molar-refractivity contribution in [2.45, 2.75) is 11.8 Å². The average molecular weight is 416 g/mol. The molecule has 142 valence electrons. The van der Waals surface area contributed by atoms with E-state index >= 15 is 0 Å². The topological polar surface area (TPSA) is 108 Å². The molecular formula is C18H14ClN5O3S. The molecule has 2 aromatic carbocycles. The van der Waals surface area contributed by atoms with Crippen LogP contribution >= 0.6 is 11.8 Å². The highest BCUT2D eigenvalue weighted by Crippen LogP contribution is 2.28. The Morgan fingerprint density at radius 2 is 1.71 bits per heavy atom. The number of amides is 2. The maximum atomic E-state index is 12.5. The van der Waals surface area contributed by atoms with Gasteiger partial charge in [-0.3, -0.25) is 0 Å². The molecule has 1 N–H and O–H groups in total. The van der Waals surface area contributed by atoms with Crippen molar-refractivity contribution in [2.24, 2.45) is 0 Å². The minimum Gasteiger partial charge on any atom is -0.246 e. The summed E-state index contributed by atoms with van der Waals surface area (Å²) >= 11 is 6.15. The monoisotopic (exact) mass is 415 g/mol. The highest BCUT2D eigenvalue weighted by molar-refractivity contribution is 7.90. The van der Waals surface area contributed by atoms with Crippen molar-refractivity contribution in [3.05, 3.63) is 71.9 Å². The van der Waals surface area contributed by atoms with Crippen molar-refractivity contribution in [3.8, 4) is 11.8 Å². The first-order valence-electron chi connectivity index (χ1n) is 7.98. The van der Waals surface area contributed by atoms with E-state index in [-0.39, 0.29) is 16.3 Å². The SMILES string of the molecule is Cc1nn(-c2ccccc2)c(N(Cl)C(=O)NS(=O)(=O)c2ccccc2)c1C#N. The van der Waals surface area contributed by atoms with Gasteiger partial charge in [-0.2, -0.15) is 14.8 Å². The van der Waals surface area contributed by atoms with Gasteiger partial charge >= 0.3 is 6.03 Å². The maximum absolute atomic E-state index is 12.5. The lowest BCUT2D eigenvalue weighted by molar-refractivity contribution is 0.254. The Morgan fingerprint density at radius 3 is 2.29 bits per heavy atom. The zero-order chi connectivity index (χ0) is 20.3. The minimum atomic E-state index is -4.14. The molecular weight excluding hydrogens is 402 g/mol. The van der Waals surface area contributed by atoms with E-state index in [1.165, 1.54) is 28.9 Å². The van der Waals surface area contributed by atoms with Gasteiger partial charge in [0.1, 0.15) is 11.6 Å². The van der Waals surface area contributed by atoms with Gasteiger partial charge in [0.05, 0.1) is 16.3 Å². The molecule has 0 saturated carbocycles. The van der Waals surface area contributed by atoms with Gasteiger partial charge in [-0.25, -0.2) is 22.6 Å². The number of halogens is 1. The van der Waals surface area contributed by atoms with Gasteiger partial charge in [0.25, 0.3) is 10.0 Å². The Balaban J connectivity index is 2.00. The summed E-state index contributed by atoms with van der Waals surface area (Å²) < 4.78 is 28.5. The summed E-state index contributed by atoms with van der Waals surface area (Å²) in [6.07, 6.45) is 0. The lowest BCUT2D eigenvalue weighted by Gasteiger charge is -2.17. The van der Waals surface area contributed by atoms with Crippen LogP contribution in [0.1, 0.15) is 11.3 Å². The Morgan fingerprint density at radius 1 is 1.14 bits per heavy atom. The number of aromatic nitrogens is 2. The number of nitrogens with zero attached hydrogens (tertiary/aromatic N) is 4. The number of sulfonamides is 1. The summed E-state index contributed by atoms with van der Waals surface area (Å²) in [5, 5.41) is 13.7. The third kappa shape index (κ3) is 3.69. The molecule has 1 heterocycles. The van der Waals surface area contributed by atoms with Crippen LogP contribution < -0.4 is 9.14 Å². The Labute approximate surface area is 166 Å². The lowest BCUT2D eigenvalue weighted by atomic mass is 10.2. The number of rotatable bonds is 4. The summed E-state index contributed by atoms with van der Waals surface area (Å²) in [6, 6.07) is 16.9. The number of hydrogen-bond acceptors (Lipinski definition) is 5. The second-order valence-corrected chi connectivity index (χ2v) is 7.67. The highest BCUT2D eigenvalue weighted by atomic mass is 35.5. The van der Waals surface area contributed by atoms with Crippen molar-refractivity contribution in [1.29, 1.82) is 5.26 Å². The van der Waals surface area contributed by atoms with E-state index in [2.05, 4.69) is 5.10 Å². The number of nitrogens with one attached hydrogen (secondary N) is 1. The predicted octanol–water partition coefficient (Wildman–Crippen LogP) is 3.11. The van der Waals surface area contributed by atoms with Crippen LogP contribution in [-0.2, 0) is 10.0 Å². The Hall–Kier alpha value is -3.35. The average Bonchev–Trinajstić information content (AvgIpc) is 3.04. The molecule has 0 bridgehead atoms. The van der Waals surface area contributed by atoms with Crippen LogP contribution in [-0.4, -0.2) is 24.2 Å². The number of nitriles is 1. The van der Waals surface area contributed by atoms with Gasteiger partial charge in [-0.05, 0) is 31.2 Å². The second-order valence-electron chi connectivity index (χ2n) is 5.65. The number of aryl methyl sites for hydroxylation is 1. The number of hydrogen-bond donors (Lipinski definition) is 1. The molecule has 3 aromatic rings. The molecule has 0 saturated heterocycles. The molecule has 0 atom stereocenters. The zero-order valence-corrected chi connectivity index (χ0v) is 16.1. The molecule has 0 aliphatic rings. The zero-order valence-electron chi connectivity index (χ0n) is 14.6. The second kappa shape index (κ2) is 7.72. The molecule has 3 rings (SSSR count). The fourth-order valence-corrected chi connectivity index (χ4v) is 3.69. The first-order chi connectivity index (χ1) is 13.3. The summed E-state index contributed by atoms with van der Waals surface area (Å²) in [7, 11) is -4.14. The molecule has 2 amide bonds. The molecule has 0 radical (unpaired) electrons. The largest absolute Gasteiger partial charge is 0.352 e. The fourth-order valence-electron chi connectivity index (χ4n) is 2.49. The van der Waals surface area contributed by atoms with Crippen LogP contribution in [0.2, 0.25) is 0 Å².